The van der Waals surface area contributed by atoms with Crippen LogP contribution in [0, 0.1) is 0 Å². The minimum atomic E-state index is 0.503. The molecule has 0 aromatic rings. The van der Waals surface area contributed by atoms with E-state index in [2.05, 4.69) is 0 Å². The van der Waals surface area contributed by atoms with Gasteiger partial charge in [0.2, 0.25) is 0 Å². The topological polar surface area (TPSA) is 36.3 Å². The van der Waals surface area contributed by atoms with Crippen LogP contribution in [0.15, 0.2) is 0 Å². The van der Waals surface area contributed by atoms with Crippen LogP contribution in [-0.2, 0) is 4.84 Å². The number of hydrogen-bond acceptors (Lipinski definition) is 2. The molecule has 0 rings (SSSR count). The zero-order valence-corrected chi connectivity index (χ0v) is 7.22. The van der Waals surface area contributed by atoms with Crippen LogP contribution in [-0.4, -0.2) is 51.0 Å². The molecule has 0 aliphatic heterocycles. The second-order valence-corrected chi connectivity index (χ2v) is 2.90. The molecule has 0 aliphatic rings. The van der Waals surface area contributed by atoms with E-state index in [0.29, 0.717) is 4.65 Å². The zero-order chi connectivity index (χ0) is 8.20. The maximum Gasteiger partial charge on any atom is 0.120 e. The van der Waals surface area contributed by atoms with Crippen LogP contribution in [0.25, 0.3) is 5.84 Å². The molecule has 0 atom stereocenters. The number of rotatable bonds is 4. The van der Waals surface area contributed by atoms with Gasteiger partial charge < -0.3 is 10.9 Å². The Morgan fingerprint density at radius 3 is 2.30 bits per heavy atom. The van der Waals surface area contributed by atoms with Gasteiger partial charge in [-0.15, -0.1) is 0 Å². The van der Waals surface area contributed by atoms with Gasteiger partial charge in [-0.3, -0.25) is 0 Å². The molecule has 0 amide bonds. The summed E-state index contributed by atoms with van der Waals surface area (Å²) >= 11 is 0. The number of hydroxylamine groups is 3. The van der Waals surface area contributed by atoms with Crippen molar-refractivity contribution in [2.45, 2.75) is 0 Å². The molecule has 4 heteroatoms. The van der Waals surface area contributed by atoms with Gasteiger partial charge in [-0.05, 0) is 7.05 Å². The predicted molar refractivity (Wildman–Crippen MR) is 40.9 cm³/mol. The molecule has 0 saturated carbocycles. The molecular weight excluding hydrogens is 130 g/mol. The summed E-state index contributed by atoms with van der Waals surface area (Å²) in [7, 11) is 7.33. The Morgan fingerprint density at radius 1 is 1.50 bits per heavy atom. The van der Waals surface area contributed by atoms with Gasteiger partial charge in [0.25, 0.3) is 0 Å². The van der Waals surface area contributed by atoms with Crippen molar-refractivity contribution < 1.29 is 9.48 Å². The first-order valence-electron chi connectivity index (χ1n) is 3.29. The highest BCUT2D eigenvalue weighted by Crippen LogP contribution is 1.95. The third kappa shape index (κ3) is 4.69. The molecule has 0 fully saturated rings. The quantitative estimate of drug-likeness (QED) is 0.429. The molecular formula is C6H17N3O. The summed E-state index contributed by atoms with van der Waals surface area (Å²) in [5.74, 6) is 7.10. The van der Waals surface area contributed by atoms with Gasteiger partial charge >= 0.3 is 0 Å². The molecule has 0 bridgehead atoms. The Balaban J connectivity index is 3.46. The summed E-state index contributed by atoms with van der Waals surface area (Å²) in [6, 6.07) is 0. The first-order chi connectivity index (χ1) is 4.48. The van der Waals surface area contributed by atoms with Crippen LogP contribution in [0.2, 0.25) is 0 Å². The van der Waals surface area contributed by atoms with Gasteiger partial charge in [-0.1, -0.05) is 0 Å². The van der Waals surface area contributed by atoms with Crippen LogP contribution in [0.3, 0.4) is 0 Å². The van der Waals surface area contributed by atoms with Crippen LogP contribution >= 0.6 is 0 Å². The fourth-order valence-corrected chi connectivity index (χ4v) is 0.482. The Morgan fingerprint density at radius 2 is 2.00 bits per heavy atom. The Labute approximate surface area is 62.7 Å². The molecule has 0 spiro atoms. The molecule has 0 saturated heterocycles. The van der Waals surface area contributed by atoms with Crippen LogP contribution in [0.1, 0.15) is 0 Å². The maximum atomic E-state index is 7.10. The lowest BCUT2D eigenvalue weighted by Gasteiger charge is -2.28. The van der Waals surface area contributed by atoms with Crippen molar-refractivity contribution in [2.24, 2.45) is 0 Å². The zero-order valence-electron chi connectivity index (χ0n) is 7.22. The standard InChI is InChI=1S/C6H17N3O/c1-8(7)5-6-9(2,3)10-4/h7H,5-6H2,1-4H3. The lowest BCUT2D eigenvalue weighted by Crippen LogP contribution is -2.42. The van der Waals surface area contributed by atoms with Gasteiger partial charge in [0.1, 0.15) is 6.54 Å². The second kappa shape index (κ2) is 3.88. The molecule has 0 aromatic carbocycles. The van der Waals surface area contributed by atoms with Crippen molar-refractivity contribution in [1.82, 2.24) is 5.01 Å². The van der Waals surface area contributed by atoms with Crippen molar-refractivity contribution in [2.75, 3.05) is 41.3 Å². The molecule has 0 aliphatic carbocycles. The van der Waals surface area contributed by atoms with Gasteiger partial charge in [0, 0.05) is 6.54 Å². The monoisotopic (exact) mass is 147 g/mol. The number of nitrogens with one attached hydrogen (secondary N) is 1. The van der Waals surface area contributed by atoms with E-state index in [9.17, 15) is 0 Å². The van der Waals surface area contributed by atoms with Crippen LogP contribution < -0.4 is 0 Å². The highest BCUT2D eigenvalue weighted by Gasteiger charge is 2.12. The predicted octanol–water partition coefficient (Wildman–Crippen LogP) is 0.523. The molecule has 0 heterocycles. The maximum absolute atomic E-state index is 7.10. The van der Waals surface area contributed by atoms with Crippen molar-refractivity contribution >= 4 is 0 Å². The summed E-state index contributed by atoms with van der Waals surface area (Å²) < 4.78 is 0.503. The fraction of sp³-hybridized carbons (Fsp3) is 1.00. The van der Waals surface area contributed by atoms with Crippen molar-refractivity contribution in [3.05, 3.63) is 5.84 Å². The van der Waals surface area contributed by atoms with Gasteiger partial charge in [-0.2, -0.15) is 4.65 Å². The van der Waals surface area contributed by atoms with E-state index in [1.165, 1.54) is 5.01 Å². The lowest BCUT2D eigenvalue weighted by molar-refractivity contribution is -1.07. The normalized spacial score (nSPS) is 12.6. The third-order valence-electron chi connectivity index (χ3n) is 1.47. The van der Waals surface area contributed by atoms with E-state index in [4.69, 9.17) is 10.7 Å². The molecule has 1 N–H and O–H groups in total. The Hall–Kier alpha value is -0.160. The van der Waals surface area contributed by atoms with E-state index in [1.54, 1.807) is 14.2 Å². The highest BCUT2D eigenvalue weighted by atomic mass is 16.7. The molecule has 0 aromatic heterocycles. The smallest absolute Gasteiger partial charge is 0.120 e. The van der Waals surface area contributed by atoms with E-state index in [0.717, 1.165) is 13.1 Å². The van der Waals surface area contributed by atoms with Crippen LogP contribution in [0.4, 0.5) is 0 Å². The number of quaternary nitrogens is 1. The van der Waals surface area contributed by atoms with E-state index >= 15 is 0 Å². The summed E-state index contributed by atoms with van der Waals surface area (Å²) in [6.45, 7) is 1.55. The summed E-state index contributed by atoms with van der Waals surface area (Å²) in [5.41, 5.74) is 0. The molecule has 0 radical (unpaired) electrons. The average molecular weight is 147 g/mol. The minimum absolute atomic E-state index is 0.503. The molecule has 62 valence electrons. The van der Waals surface area contributed by atoms with Gasteiger partial charge in [0.05, 0.1) is 21.2 Å². The highest BCUT2D eigenvalue weighted by molar-refractivity contribution is 4.44. The summed E-state index contributed by atoms with van der Waals surface area (Å²) in [4.78, 5) is 5.12. The molecule has 10 heavy (non-hydrogen) atoms. The first-order valence-corrected chi connectivity index (χ1v) is 3.29. The summed E-state index contributed by atoms with van der Waals surface area (Å²) in [6.07, 6.45) is 0. The first kappa shape index (κ1) is 9.84. The number of likely N-dealkylation sites (N-methyl/N-ethyl adjacent to an activating group) is 2. The van der Waals surface area contributed by atoms with E-state index in [1.807, 2.05) is 14.1 Å². The largest absolute Gasteiger partial charge is 0.610 e. The average Bonchev–Trinajstić information content (AvgIpc) is 1.85. The second-order valence-electron chi connectivity index (χ2n) is 2.90. The minimum Gasteiger partial charge on any atom is -0.610 e. The van der Waals surface area contributed by atoms with Crippen molar-refractivity contribution in [3.63, 3.8) is 0 Å². The van der Waals surface area contributed by atoms with Crippen molar-refractivity contribution in [1.29, 1.82) is 0 Å². The van der Waals surface area contributed by atoms with Crippen molar-refractivity contribution in [3.8, 4) is 0 Å². The molecule has 4 nitrogen and oxygen atoms in total. The summed E-state index contributed by atoms with van der Waals surface area (Å²) in [5, 5.41) is 1.40. The van der Waals surface area contributed by atoms with Gasteiger partial charge in [0.15, 0.2) is 0 Å². The van der Waals surface area contributed by atoms with Crippen LogP contribution in [0.5, 0.6) is 0 Å². The third-order valence-corrected chi connectivity index (χ3v) is 1.47. The SMILES string of the molecule is CO[N+](C)(C)CCN(C)[NH-]. The number of hydrogen-bond donors (Lipinski definition) is 0. The van der Waals surface area contributed by atoms with E-state index in [-0.39, 0.29) is 0 Å². The number of nitrogens with zero attached hydrogens (tertiary/aromatic N) is 2. The fourth-order valence-electron chi connectivity index (χ4n) is 0.482. The van der Waals surface area contributed by atoms with E-state index < -0.39 is 0 Å². The molecule has 0 unspecified atom stereocenters. The Bertz CT molecular complexity index is 93.0. The lowest BCUT2D eigenvalue weighted by atomic mass is 10.5. The Kier molecular flexibility index (Phi) is 3.81. The van der Waals surface area contributed by atoms with Gasteiger partial charge in [-0.25, -0.2) is 4.84 Å².